The number of aromatic nitrogens is 2. The van der Waals surface area contributed by atoms with Crippen LogP contribution >= 0.6 is 23.4 Å². The number of carbonyl (C=O) groups excluding carboxylic acids is 2. The van der Waals surface area contributed by atoms with E-state index < -0.39 is 23.4 Å². The monoisotopic (exact) mass is 462 g/mol. The zero-order valence-corrected chi connectivity index (χ0v) is 17.6. The molecule has 31 heavy (non-hydrogen) atoms. The molecule has 1 amide bonds. The van der Waals surface area contributed by atoms with Gasteiger partial charge in [-0.25, -0.2) is 9.78 Å². The molecule has 2 heterocycles. The molecule has 0 aliphatic rings. The normalized spacial score (nSPS) is 10.5. The topological polar surface area (TPSA) is 137 Å². The Morgan fingerprint density at radius 1 is 1.32 bits per heavy atom. The number of carbonyl (C=O) groups is 2. The maximum atomic E-state index is 12.4. The minimum Gasteiger partial charge on any atom is -0.452 e. The van der Waals surface area contributed by atoms with Gasteiger partial charge >= 0.3 is 5.97 Å². The predicted molar refractivity (Wildman–Crippen MR) is 112 cm³/mol. The Morgan fingerprint density at radius 2 is 2.13 bits per heavy atom. The molecule has 0 radical (unpaired) electrons. The first-order valence-corrected chi connectivity index (χ1v) is 10.1. The lowest BCUT2D eigenvalue weighted by Crippen LogP contribution is -2.21. The summed E-state index contributed by atoms with van der Waals surface area (Å²) in [5.41, 5.74) is 0.437. The zero-order chi connectivity index (χ0) is 22.4. The predicted octanol–water partition coefficient (Wildman–Crippen LogP) is 4.03. The molecule has 0 bridgehead atoms. The van der Waals surface area contributed by atoms with Gasteiger partial charge in [0.05, 0.1) is 16.2 Å². The van der Waals surface area contributed by atoms with Crippen LogP contribution in [0.3, 0.4) is 0 Å². The molecule has 2 aromatic heterocycles. The average Bonchev–Trinajstić information content (AvgIpc) is 3.17. The highest BCUT2D eigenvalue weighted by Gasteiger charge is 2.19. The average molecular weight is 463 g/mol. The molecule has 3 rings (SSSR count). The van der Waals surface area contributed by atoms with Crippen molar-refractivity contribution in [2.45, 2.75) is 17.7 Å². The summed E-state index contributed by atoms with van der Waals surface area (Å²) >= 11 is 7.01. The fourth-order valence-electron chi connectivity index (χ4n) is 2.45. The third-order valence-electron chi connectivity index (χ3n) is 3.79. The Morgan fingerprint density at radius 3 is 2.84 bits per heavy atom. The van der Waals surface area contributed by atoms with Crippen molar-refractivity contribution in [2.75, 3.05) is 11.9 Å². The number of benzene rings is 1. The van der Waals surface area contributed by atoms with E-state index in [1.165, 1.54) is 36.2 Å². The summed E-state index contributed by atoms with van der Waals surface area (Å²) in [6.45, 7) is 1.13. The lowest BCUT2D eigenvalue weighted by molar-refractivity contribution is -0.383. The fraction of sp³-hybridized carbons (Fsp3) is 0.158. The first-order valence-electron chi connectivity index (χ1n) is 8.74. The lowest BCUT2D eigenvalue weighted by Gasteiger charge is -2.09. The highest BCUT2D eigenvalue weighted by atomic mass is 35.5. The number of hydrogen-bond acceptors (Lipinski definition) is 9. The molecule has 0 fully saturated rings. The van der Waals surface area contributed by atoms with Crippen LogP contribution in [0, 0.1) is 17.0 Å². The van der Waals surface area contributed by atoms with Crippen molar-refractivity contribution in [3.05, 3.63) is 74.7 Å². The first kappa shape index (κ1) is 22.2. The number of aryl methyl sites for hydroxylation is 1. The number of amides is 1. The van der Waals surface area contributed by atoms with Crippen LogP contribution < -0.4 is 5.32 Å². The second-order valence-electron chi connectivity index (χ2n) is 6.12. The largest absolute Gasteiger partial charge is 0.452 e. The van der Waals surface area contributed by atoms with E-state index in [1.807, 2.05) is 0 Å². The van der Waals surface area contributed by atoms with Crippen LogP contribution in [0.5, 0.6) is 0 Å². The third-order valence-corrected chi connectivity index (χ3v) is 5.06. The standard InChI is InChI=1S/C19H15ClN4O6S/c1-11-7-13(23-30-11)10-31-18-14(3-2-6-21-18)19(26)29-9-17(25)22-15-5-4-12(20)8-16(15)24(27)28/h2-8H,9-10H2,1H3,(H,22,25). The van der Waals surface area contributed by atoms with Crippen molar-refractivity contribution < 1.29 is 23.8 Å². The van der Waals surface area contributed by atoms with Gasteiger partial charge in [-0.05, 0) is 31.2 Å². The molecule has 1 N–H and O–H groups in total. The van der Waals surface area contributed by atoms with Gasteiger partial charge in [-0.15, -0.1) is 0 Å². The Hall–Kier alpha value is -3.44. The minimum absolute atomic E-state index is 0.0593. The maximum Gasteiger partial charge on any atom is 0.341 e. The molecule has 0 aliphatic heterocycles. The van der Waals surface area contributed by atoms with Crippen molar-refractivity contribution in [3.63, 3.8) is 0 Å². The zero-order valence-electron chi connectivity index (χ0n) is 16.0. The van der Waals surface area contributed by atoms with E-state index in [2.05, 4.69) is 15.5 Å². The molecule has 0 saturated heterocycles. The number of esters is 1. The van der Waals surface area contributed by atoms with E-state index in [-0.39, 0.29) is 22.0 Å². The van der Waals surface area contributed by atoms with Gasteiger partial charge in [0.25, 0.3) is 11.6 Å². The van der Waals surface area contributed by atoms with Gasteiger partial charge in [0.2, 0.25) is 0 Å². The number of anilines is 1. The fourth-order valence-corrected chi connectivity index (χ4v) is 3.48. The van der Waals surface area contributed by atoms with Crippen molar-refractivity contribution in [3.8, 4) is 0 Å². The van der Waals surface area contributed by atoms with Gasteiger partial charge in [0.1, 0.15) is 16.5 Å². The number of halogens is 1. The molecule has 10 nitrogen and oxygen atoms in total. The summed E-state index contributed by atoms with van der Waals surface area (Å²) in [5, 5.41) is 17.9. The Kier molecular flexibility index (Phi) is 7.21. The summed E-state index contributed by atoms with van der Waals surface area (Å²) in [7, 11) is 0. The summed E-state index contributed by atoms with van der Waals surface area (Å²) < 4.78 is 10.1. The number of pyridine rings is 1. The van der Waals surface area contributed by atoms with Gasteiger partial charge in [-0.1, -0.05) is 28.5 Å². The van der Waals surface area contributed by atoms with E-state index in [9.17, 15) is 19.7 Å². The summed E-state index contributed by atoms with van der Waals surface area (Å²) in [6.07, 6.45) is 1.53. The molecule has 160 valence electrons. The molecular formula is C19H15ClN4O6S. The number of rotatable bonds is 8. The van der Waals surface area contributed by atoms with Crippen LogP contribution in [-0.4, -0.2) is 33.5 Å². The summed E-state index contributed by atoms with van der Waals surface area (Å²) in [5.74, 6) is -0.402. The summed E-state index contributed by atoms with van der Waals surface area (Å²) in [4.78, 5) is 39.2. The van der Waals surface area contributed by atoms with E-state index in [1.54, 1.807) is 19.1 Å². The van der Waals surface area contributed by atoms with Gasteiger partial charge in [-0.3, -0.25) is 14.9 Å². The summed E-state index contributed by atoms with van der Waals surface area (Å²) in [6, 6.07) is 8.66. The number of ether oxygens (including phenoxy) is 1. The second kappa shape index (κ2) is 10.0. The van der Waals surface area contributed by atoms with Gasteiger partial charge in [0, 0.05) is 29.1 Å². The smallest absolute Gasteiger partial charge is 0.341 e. The number of nitro groups is 1. The molecule has 1 aromatic carbocycles. The first-order chi connectivity index (χ1) is 14.8. The number of hydrogen-bond donors (Lipinski definition) is 1. The molecule has 0 saturated carbocycles. The Bertz CT molecular complexity index is 1140. The molecular weight excluding hydrogens is 448 g/mol. The van der Waals surface area contributed by atoms with Crippen molar-refractivity contribution >= 4 is 46.6 Å². The molecule has 0 spiro atoms. The van der Waals surface area contributed by atoms with Crippen LogP contribution in [0.15, 0.2) is 52.1 Å². The second-order valence-corrected chi connectivity index (χ2v) is 7.52. The van der Waals surface area contributed by atoms with E-state index in [0.717, 1.165) is 6.07 Å². The van der Waals surface area contributed by atoms with Crippen LogP contribution in [0.25, 0.3) is 0 Å². The van der Waals surface area contributed by atoms with E-state index in [4.69, 9.17) is 20.9 Å². The SMILES string of the molecule is Cc1cc(CSc2ncccc2C(=O)OCC(=O)Nc2ccc(Cl)cc2[N+](=O)[O-])no1. The highest BCUT2D eigenvalue weighted by molar-refractivity contribution is 7.98. The van der Waals surface area contributed by atoms with Crippen molar-refractivity contribution in [1.29, 1.82) is 0 Å². The molecule has 12 heteroatoms. The number of nitrogens with zero attached hydrogens (tertiary/aromatic N) is 3. The van der Waals surface area contributed by atoms with Gasteiger partial charge in [0.15, 0.2) is 6.61 Å². The molecule has 0 aliphatic carbocycles. The van der Waals surface area contributed by atoms with Crippen molar-refractivity contribution in [2.24, 2.45) is 0 Å². The van der Waals surface area contributed by atoms with Crippen molar-refractivity contribution in [1.82, 2.24) is 10.1 Å². The van der Waals surface area contributed by atoms with Gasteiger partial charge in [-0.2, -0.15) is 0 Å². The molecule has 0 atom stereocenters. The minimum atomic E-state index is -0.757. The van der Waals surface area contributed by atoms with Crippen LogP contribution in [0.1, 0.15) is 21.8 Å². The number of nitro benzene ring substituents is 1. The lowest BCUT2D eigenvalue weighted by atomic mass is 10.2. The van der Waals surface area contributed by atoms with E-state index >= 15 is 0 Å². The van der Waals surface area contributed by atoms with Crippen LogP contribution in [0.2, 0.25) is 5.02 Å². The Balaban J connectivity index is 1.61. The number of thioether (sulfide) groups is 1. The Labute approximate surface area is 185 Å². The molecule has 3 aromatic rings. The van der Waals surface area contributed by atoms with Crippen LogP contribution in [-0.2, 0) is 15.3 Å². The number of nitrogens with one attached hydrogen (secondary N) is 1. The molecule has 0 unspecified atom stereocenters. The third kappa shape index (κ3) is 6.03. The van der Waals surface area contributed by atoms with E-state index in [0.29, 0.717) is 22.2 Å². The van der Waals surface area contributed by atoms with Gasteiger partial charge < -0.3 is 14.6 Å². The quantitative estimate of drug-likeness (QED) is 0.227. The highest BCUT2D eigenvalue weighted by Crippen LogP contribution is 2.28. The van der Waals surface area contributed by atoms with Crippen LogP contribution in [0.4, 0.5) is 11.4 Å². The maximum absolute atomic E-state index is 12.4.